The van der Waals surface area contributed by atoms with Gasteiger partial charge in [-0.2, -0.15) is 0 Å². The van der Waals surface area contributed by atoms with Crippen molar-refractivity contribution in [1.82, 2.24) is 4.90 Å². The largest absolute Gasteiger partial charge is 0.299 e. The molecule has 66 valence electrons. The van der Waals surface area contributed by atoms with Gasteiger partial charge >= 0.3 is 0 Å². The lowest BCUT2D eigenvalue weighted by molar-refractivity contribution is -0.127. The molecule has 2 atom stereocenters. The van der Waals surface area contributed by atoms with Gasteiger partial charge in [-0.05, 0) is 6.92 Å². The van der Waals surface area contributed by atoms with Crippen LogP contribution in [0.3, 0.4) is 0 Å². The molecule has 1 heterocycles. The molecule has 0 unspecified atom stereocenters. The van der Waals surface area contributed by atoms with Crippen molar-refractivity contribution in [2.45, 2.75) is 26.3 Å². The lowest BCUT2D eigenvalue weighted by atomic mass is 9.94. The third-order valence-electron chi connectivity index (χ3n) is 2.47. The number of hydrogen-bond donors (Lipinski definition) is 0. The highest BCUT2D eigenvalue weighted by molar-refractivity contribution is 5.82. The minimum absolute atomic E-state index is 0.162. The summed E-state index contributed by atoms with van der Waals surface area (Å²) >= 11 is 0. The number of terminal acetylenes is 1. The van der Waals surface area contributed by atoms with Gasteiger partial charge in [-0.25, -0.2) is 0 Å². The maximum atomic E-state index is 11.3. The zero-order valence-corrected chi connectivity index (χ0v) is 7.71. The molecule has 0 aromatic rings. The summed E-state index contributed by atoms with van der Waals surface area (Å²) < 4.78 is 0. The van der Waals surface area contributed by atoms with E-state index in [1.54, 1.807) is 0 Å². The van der Waals surface area contributed by atoms with Crippen molar-refractivity contribution >= 4 is 5.78 Å². The van der Waals surface area contributed by atoms with E-state index in [0.29, 0.717) is 24.8 Å². The molecule has 0 saturated carbocycles. The number of likely N-dealkylation sites (tertiary alicyclic amines) is 1. The van der Waals surface area contributed by atoms with E-state index in [1.807, 2.05) is 6.92 Å². The average molecular weight is 165 g/mol. The van der Waals surface area contributed by atoms with Gasteiger partial charge in [-0.15, -0.1) is 6.42 Å². The van der Waals surface area contributed by atoms with Crippen LogP contribution in [0.5, 0.6) is 0 Å². The topological polar surface area (TPSA) is 20.3 Å². The molecule has 1 aliphatic rings. The number of hydrogen-bond acceptors (Lipinski definition) is 2. The Morgan fingerprint density at radius 1 is 1.67 bits per heavy atom. The fourth-order valence-electron chi connectivity index (χ4n) is 1.59. The molecular weight excluding hydrogens is 150 g/mol. The zero-order chi connectivity index (χ0) is 9.14. The fourth-order valence-corrected chi connectivity index (χ4v) is 1.59. The summed E-state index contributed by atoms with van der Waals surface area (Å²) in [6.07, 6.45) is 5.88. The molecule has 0 aromatic heterocycles. The normalized spacial score (nSPS) is 31.6. The summed E-state index contributed by atoms with van der Waals surface area (Å²) in [6, 6.07) is 0.324. The smallest absolute Gasteiger partial charge is 0.138 e. The molecule has 0 spiro atoms. The Balaban J connectivity index is 2.56. The highest BCUT2D eigenvalue weighted by Gasteiger charge is 2.28. The molecule has 0 bridgehead atoms. The molecule has 1 fully saturated rings. The van der Waals surface area contributed by atoms with Gasteiger partial charge in [0.05, 0.1) is 6.54 Å². The Bertz CT molecular complexity index is 216. The lowest BCUT2D eigenvalue weighted by Crippen LogP contribution is -2.45. The Hall–Kier alpha value is -0.810. The summed E-state index contributed by atoms with van der Waals surface area (Å²) in [5, 5.41) is 0. The molecule has 0 radical (unpaired) electrons. The second-order valence-corrected chi connectivity index (χ2v) is 3.55. The van der Waals surface area contributed by atoms with Gasteiger partial charge < -0.3 is 0 Å². The highest BCUT2D eigenvalue weighted by atomic mass is 16.1. The third-order valence-corrected chi connectivity index (χ3v) is 2.47. The Morgan fingerprint density at radius 2 is 2.33 bits per heavy atom. The van der Waals surface area contributed by atoms with E-state index < -0.39 is 0 Å². The summed E-state index contributed by atoms with van der Waals surface area (Å²) in [7, 11) is 0. The van der Waals surface area contributed by atoms with Crippen molar-refractivity contribution in [3.8, 4) is 12.3 Å². The molecule has 0 aromatic carbocycles. The monoisotopic (exact) mass is 165 g/mol. The molecular formula is C10H15NO. The van der Waals surface area contributed by atoms with Gasteiger partial charge in [0, 0.05) is 24.9 Å². The molecule has 1 saturated heterocycles. The zero-order valence-electron chi connectivity index (χ0n) is 7.71. The van der Waals surface area contributed by atoms with E-state index in [4.69, 9.17) is 6.42 Å². The van der Waals surface area contributed by atoms with Crippen molar-refractivity contribution in [2.75, 3.05) is 13.1 Å². The third kappa shape index (κ3) is 1.86. The van der Waals surface area contributed by atoms with Crippen molar-refractivity contribution in [3.63, 3.8) is 0 Å². The van der Waals surface area contributed by atoms with Gasteiger partial charge in [0.2, 0.25) is 0 Å². The maximum absolute atomic E-state index is 11.3. The Morgan fingerprint density at radius 3 is 2.92 bits per heavy atom. The van der Waals surface area contributed by atoms with Crippen LogP contribution in [0.25, 0.3) is 0 Å². The van der Waals surface area contributed by atoms with Crippen LogP contribution < -0.4 is 0 Å². The first kappa shape index (κ1) is 9.28. The van der Waals surface area contributed by atoms with Gasteiger partial charge in [-0.3, -0.25) is 9.69 Å². The molecule has 1 aliphatic heterocycles. The quantitative estimate of drug-likeness (QED) is 0.538. The van der Waals surface area contributed by atoms with E-state index in [9.17, 15) is 4.79 Å². The van der Waals surface area contributed by atoms with Crippen LogP contribution in [0, 0.1) is 18.3 Å². The van der Waals surface area contributed by atoms with Crippen molar-refractivity contribution in [3.05, 3.63) is 0 Å². The number of Topliss-reactive ketones (excluding diaryl/α,β-unsaturated/α-hetero) is 1. The molecule has 2 heteroatoms. The van der Waals surface area contributed by atoms with Gasteiger partial charge in [0.25, 0.3) is 0 Å². The van der Waals surface area contributed by atoms with Crippen LogP contribution in [-0.2, 0) is 4.79 Å². The first-order chi connectivity index (χ1) is 5.65. The van der Waals surface area contributed by atoms with Crippen molar-refractivity contribution in [1.29, 1.82) is 0 Å². The van der Waals surface area contributed by atoms with E-state index in [2.05, 4.69) is 17.7 Å². The first-order valence-corrected chi connectivity index (χ1v) is 4.35. The van der Waals surface area contributed by atoms with E-state index in [0.717, 1.165) is 6.54 Å². The first-order valence-electron chi connectivity index (χ1n) is 4.35. The highest BCUT2D eigenvalue weighted by Crippen LogP contribution is 2.17. The minimum atomic E-state index is 0.162. The number of piperidine rings is 1. The fraction of sp³-hybridized carbons (Fsp3) is 0.700. The van der Waals surface area contributed by atoms with Gasteiger partial charge in [-0.1, -0.05) is 12.8 Å². The maximum Gasteiger partial charge on any atom is 0.138 e. The van der Waals surface area contributed by atoms with Crippen LogP contribution in [-0.4, -0.2) is 29.8 Å². The standard InChI is InChI=1S/C10H15NO/c1-4-5-11-7-8(2)10(12)6-9(11)3/h1,8-9H,5-7H2,2-3H3/t8-,9+/m0/s1. The van der Waals surface area contributed by atoms with Crippen LogP contribution in [0.2, 0.25) is 0 Å². The number of ketones is 1. The Labute approximate surface area is 73.9 Å². The second kappa shape index (κ2) is 3.73. The average Bonchev–Trinajstić information content (AvgIpc) is 2.01. The summed E-state index contributed by atoms with van der Waals surface area (Å²) in [4.78, 5) is 13.5. The Kier molecular flexibility index (Phi) is 2.88. The number of carbonyl (C=O) groups excluding carboxylic acids is 1. The van der Waals surface area contributed by atoms with Gasteiger partial charge in [0.15, 0.2) is 0 Å². The number of carbonyl (C=O) groups is 1. The number of rotatable bonds is 1. The van der Waals surface area contributed by atoms with Crippen LogP contribution >= 0.6 is 0 Å². The summed E-state index contributed by atoms with van der Waals surface area (Å²) in [6.45, 7) is 5.52. The van der Waals surface area contributed by atoms with Gasteiger partial charge in [0.1, 0.15) is 5.78 Å². The minimum Gasteiger partial charge on any atom is -0.299 e. The van der Waals surface area contributed by atoms with Crippen LogP contribution in [0.1, 0.15) is 20.3 Å². The van der Waals surface area contributed by atoms with Crippen LogP contribution in [0.15, 0.2) is 0 Å². The SMILES string of the molecule is C#CCN1C[C@H](C)C(=O)C[C@H]1C. The molecule has 0 aliphatic carbocycles. The van der Waals surface area contributed by atoms with Crippen LogP contribution in [0.4, 0.5) is 0 Å². The molecule has 1 rings (SSSR count). The lowest BCUT2D eigenvalue weighted by Gasteiger charge is -2.34. The molecule has 0 amide bonds. The van der Waals surface area contributed by atoms with E-state index in [1.165, 1.54) is 0 Å². The molecule has 12 heavy (non-hydrogen) atoms. The molecule has 2 nitrogen and oxygen atoms in total. The predicted octanol–water partition coefficient (Wildman–Crippen LogP) is 0.919. The van der Waals surface area contributed by atoms with E-state index >= 15 is 0 Å². The van der Waals surface area contributed by atoms with Crippen molar-refractivity contribution in [2.24, 2.45) is 5.92 Å². The molecule has 0 N–H and O–H groups in total. The van der Waals surface area contributed by atoms with E-state index in [-0.39, 0.29) is 5.92 Å². The summed E-state index contributed by atoms with van der Waals surface area (Å²) in [5.74, 6) is 3.15. The van der Waals surface area contributed by atoms with Crippen molar-refractivity contribution < 1.29 is 4.79 Å². The second-order valence-electron chi connectivity index (χ2n) is 3.55. The number of nitrogens with zero attached hydrogens (tertiary/aromatic N) is 1. The summed E-state index contributed by atoms with van der Waals surface area (Å²) in [5.41, 5.74) is 0. The predicted molar refractivity (Wildman–Crippen MR) is 48.7 cm³/mol.